The number of aromatic nitrogens is 2. The first-order chi connectivity index (χ1) is 8.94. The molecule has 0 bridgehead atoms. The number of esters is 1. The number of fused-ring (bicyclic) bond motifs is 2. The summed E-state index contributed by atoms with van der Waals surface area (Å²) < 4.78 is 15.9. The number of H-pyrrole nitrogens is 1. The lowest BCUT2D eigenvalue weighted by atomic mass is 10.1. The van der Waals surface area contributed by atoms with E-state index >= 15 is 0 Å². The van der Waals surface area contributed by atoms with Crippen LogP contribution in [-0.4, -0.2) is 28.6 Å². The lowest BCUT2D eigenvalue weighted by Crippen LogP contribution is -2.24. The molecule has 1 aliphatic heterocycles. The summed E-state index contributed by atoms with van der Waals surface area (Å²) in [5, 5.41) is 7.47. The molecule has 0 amide bonds. The van der Waals surface area contributed by atoms with E-state index in [4.69, 9.17) is 14.2 Å². The summed E-state index contributed by atoms with van der Waals surface area (Å²) >= 11 is 0. The third-order valence-corrected chi connectivity index (χ3v) is 2.65. The van der Waals surface area contributed by atoms with Crippen molar-refractivity contribution in [2.75, 3.05) is 6.79 Å². The first kappa shape index (κ1) is 11.8. The van der Waals surface area contributed by atoms with Gasteiger partial charge in [0.25, 0.3) is 0 Å². The Labute approximate surface area is 109 Å². The second-order valence-corrected chi connectivity index (χ2v) is 5.33. The highest BCUT2D eigenvalue weighted by atomic mass is 16.7. The van der Waals surface area contributed by atoms with Crippen molar-refractivity contribution in [3.8, 4) is 11.5 Å². The molecule has 1 aliphatic rings. The molecule has 0 radical (unpaired) electrons. The summed E-state index contributed by atoms with van der Waals surface area (Å²) in [4.78, 5) is 12.1. The topological polar surface area (TPSA) is 73.4 Å². The zero-order valence-electron chi connectivity index (χ0n) is 10.9. The second-order valence-electron chi connectivity index (χ2n) is 5.33. The molecule has 0 aliphatic carbocycles. The van der Waals surface area contributed by atoms with Gasteiger partial charge in [0.1, 0.15) is 5.60 Å². The molecule has 0 unspecified atom stereocenters. The normalized spacial score (nSPS) is 13.8. The standard InChI is InChI=1S/C13H14N2O4/c1-13(2,3)19-12(16)11-7-4-9-10(18-6-17-9)5-8(7)14-15-11/h4-5H,6H2,1-3H3,(H,14,15). The molecular formula is C13H14N2O4. The maximum atomic E-state index is 12.1. The highest BCUT2D eigenvalue weighted by Crippen LogP contribution is 2.36. The molecule has 2 aromatic rings. The number of hydrogen-bond donors (Lipinski definition) is 1. The maximum Gasteiger partial charge on any atom is 0.360 e. The van der Waals surface area contributed by atoms with Crippen molar-refractivity contribution in [3.05, 3.63) is 17.8 Å². The number of nitrogens with one attached hydrogen (secondary N) is 1. The van der Waals surface area contributed by atoms with E-state index in [1.807, 2.05) is 20.8 Å². The minimum absolute atomic E-state index is 0.192. The summed E-state index contributed by atoms with van der Waals surface area (Å²) in [6.45, 7) is 5.63. The molecule has 0 spiro atoms. The molecule has 1 N–H and O–H groups in total. The van der Waals surface area contributed by atoms with Crippen molar-refractivity contribution in [2.24, 2.45) is 0 Å². The highest BCUT2D eigenvalue weighted by molar-refractivity contribution is 6.03. The third-order valence-electron chi connectivity index (χ3n) is 2.65. The monoisotopic (exact) mass is 262 g/mol. The number of ether oxygens (including phenoxy) is 3. The number of hydrogen-bond acceptors (Lipinski definition) is 5. The molecule has 1 aromatic carbocycles. The molecule has 3 rings (SSSR count). The molecule has 0 atom stereocenters. The lowest BCUT2D eigenvalue weighted by molar-refractivity contribution is 0.00651. The molecule has 1 aromatic heterocycles. The first-order valence-electron chi connectivity index (χ1n) is 5.95. The molecule has 6 nitrogen and oxygen atoms in total. The zero-order valence-corrected chi connectivity index (χ0v) is 10.9. The van der Waals surface area contributed by atoms with Crippen LogP contribution in [-0.2, 0) is 4.74 Å². The summed E-state index contributed by atoms with van der Waals surface area (Å²) in [5.74, 6) is 0.795. The van der Waals surface area contributed by atoms with E-state index < -0.39 is 11.6 Å². The summed E-state index contributed by atoms with van der Waals surface area (Å²) in [6.07, 6.45) is 0. The number of carbonyl (C=O) groups is 1. The first-order valence-corrected chi connectivity index (χ1v) is 5.95. The quantitative estimate of drug-likeness (QED) is 0.798. The van der Waals surface area contributed by atoms with Crippen LogP contribution in [0.25, 0.3) is 10.9 Å². The van der Waals surface area contributed by atoms with Gasteiger partial charge in [-0.05, 0) is 26.8 Å². The Balaban J connectivity index is 2.03. The third kappa shape index (κ3) is 2.09. The van der Waals surface area contributed by atoms with Crippen LogP contribution < -0.4 is 9.47 Å². The van der Waals surface area contributed by atoms with Crippen LogP contribution in [0.2, 0.25) is 0 Å². The summed E-state index contributed by atoms with van der Waals surface area (Å²) in [6, 6.07) is 3.50. The van der Waals surface area contributed by atoms with Gasteiger partial charge in [0, 0.05) is 11.5 Å². The van der Waals surface area contributed by atoms with Gasteiger partial charge in [0.05, 0.1) is 5.52 Å². The molecule has 0 fully saturated rings. The van der Waals surface area contributed by atoms with Crippen LogP contribution in [0.15, 0.2) is 12.1 Å². The van der Waals surface area contributed by atoms with E-state index in [2.05, 4.69) is 10.2 Å². The van der Waals surface area contributed by atoms with Gasteiger partial charge in [0.2, 0.25) is 6.79 Å². The molecule has 6 heteroatoms. The van der Waals surface area contributed by atoms with Gasteiger partial charge in [-0.1, -0.05) is 0 Å². The number of nitrogens with zero attached hydrogens (tertiary/aromatic N) is 1. The average Bonchev–Trinajstić information content (AvgIpc) is 2.87. The number of aromatic amines is 1. The Morgan fingerprint density at radius 3 is 2.68 bits per heavy atom. The van der Waals surface area contributed by atoms with Crippen molar-refractivity contribution in [1.29, 1.82) is 0 Å². The highest BCUT2D eigenvalue weighted by Gasteiger charge is 2.24. The van der Waals surface area contributed by atoms with E-state index in [-0.39, 0.29) is 12.5 Å². The van der Waals surface area contributed by atoms with Crippen LogP contribution in [0.1, 0.15) is 31.3 Å². The van der Waals surface area contributed by atoms with Crippen molar-refractivity contribution in [1.82, 2.24) is 10.2 Å². The van der Waals surface area contributed by atoms with Crippen molar-refractivity contribution in [3.63, 3.8) is 0 Å². The van der Waals surface area contributed by atoms with Crippen molar-refractivity contribution in [2.45, 2.75) is 26.4 Å². The Morgan fingerprint density at radius 2 is 2.00 bits per heavy atom. The summed E-state index contributed by atoms with van der Waals surface area (Å²) in [5.41, 5.74) is 0.409. The average molecular weight is 262 g/mol. The minimum atomic E-state index is -0.557. The SMILES string of the molecule is CC(C)(C)OC(=O)c1n[nH]c2cc3c(cc12)OCO3. The number of carbonyl (C=O) groups excluding carboxylic acids is 1. The van der Waals surface area contributed by atoms with Gasteiger partial charge < -0.3 is 14.2 Å². The van der Waals surface area contributed by atoms with Crippen LogP contribution >= 0.6 is 0 Å². The van der Waals surface area contributed by atoms with Crippen molar-refractivity contribution >= 4 is 16.9 Å². The maximum absolute atomic E-state index is 12.1. The molecule has 0 saturated carbocycles. The summed E-state index contributed by atoms with van der Waals surface area (Å²) in [7, 11) is 0. The lowest BCUT2D eigenvalue weighted by Gasteiger charge is -2.18. The Kier molecular flexibility index (Phi) is 2.41. The fourth-order valence-electron chi connectivity index (χ4n) is 1.89. The van der Waals surface area contributed by atoms with Gasteiger partial charge in [0.15, 0.2) is 17.2 Å². The predicted octanol–water partition coefficient (Wildman–Crippen LogP) is 2.25. The van der Waals surface area contributed by atoms with Gasteiger partial charge in [-0.25, -0.2) is 4.79 Å². The molecular weight excluding hydrogens is 248 g/mol. The minimum Gasteiger partial charge on any atom is -0.455 e. The van der Waals surface area contributed by atoms with E-state index in [9.17, 15) is 4.79 Å². The van der Waals surface area contributed by atoms with Gasteiger partial charge in [-0.3, -0.25) is 5.10 Å². The van der Waals surface area contributed by atoms with Gasteiger partial charge >= 0.3 is 5.97 Å². The number of benzene rings is 1. The fraction of sp³-hybridized carbons (Fsp3) is 0.385. The number of rotatable bonds is 1. The van der Waals surface area contributed by atoms with Gasteiger partial charge in [-0.15, -0.1) is 0 Å². The zero-order chi connectivity index (χ0) is 13.6. The van der Waals surface area contributed by atoms with E-state index in [0.29, 0.717) is 22.4 Å². The largest absolute Gasteiger partial charge is 0.455 e. The fourth-order valence-corrected chi connectivity index (χ4v) is 1.89. The van der Waals surface area contributed by atoms with E-state index in [1.54, 1.807) is 12.1 Å². The molecule has 100 valence electrons. The van der Waals surface area contributed by atoms with Crippen LogP contribution in [0.4, 0.5) is 0 Å². The van der Waals surface area contributed by atoms with E-state index in [0.717, 1.165) is 0 Å². The van der Waals surface area contributed by atoms with Crippen LogP contribution in [0.5, 0.6) is 11.5 Å². The Morgan fingerprint density at radius 1 is 1.32 bits per heavy atom. The molecule has 0 saturated heterocycles. The predicted molar refractivity (Wildman–Crippen MR) is 67.4 cm³/mol. The van der Waals surface area contributed by atoms with Crippen LogP contribution in [0.3, 0.4) is 0 Å². The smallest absolute Gasteiger partial charge is 0.360 e. The molecule has 2 heterocycles. The van der Waals surface area contributed by atoms with Crippen LogP contribution in [0, 0.1) is 0 Å². The molecule has 19 heavy (non-hydrogen) atoms. The van der Waals surface area contributed by atoms with Crippen molar-refractivity contribution < 1.29 is 19.0 Å². The van der Waals surface area contributed by atoms with Gasteiger partial charge in [-0.2, -0.15) is 5.10 Å². The Hall–Kier alpha value is -2.24. The Bertz CT molecular complexity index is 654. The van der Waals surface area contributed by atoms with E-state index in [1.165, 1.54) is 0 Å². The second kappa shape index (κ2) is 3.88.